The minimum atomic E-state index is -0.998. The maximum atomic E-state index is 13.7. The van der Waals surface area contributed by atoms with Crippen molar-refractivity contribution in [2.75, 3.05) is 32.7 Å². The highest BCUT2D eigenvalue weighted by molar-refractivity contribution is 5.79. The van der Waals surface area contributed by atoms with E-state index in [1.165, 1.54) is 6.07 Å². The number of aliphatic hydroxyl groups excluding tert-OH is 1. The first-order valence-electron chi connectivity index (χ1n) is 8.69. The lowest BCUT2D eigenvalue weighted by Gasteiger charge is -2.36. The van der Waals surface area contributed by atoms with Crippen LogP contribution in [0.25, 0.3) is 0 Å². The van der Waals surface area contributed by atoms with Crippen molar-refractivity contribution in [1.29, 1.82) is 0 Å². The van der Waals surface area contributed by atoms with E-state index in [0.29, 0.717) is 26.2 Å². The molecule has 0 radical (unpaired) electrons. The lowest BCUT2D eigenvalue weighted by Crippen LogP contribution is -2.50. The van der Waals surface area contributed by atoms with Crippen molar-refractivity contribution in [1.82, 2.24) is 9.80 Å². The Balaban J connectivity index is 1.50. The molecule has 6 heteroatoms. The van der Waals surface area contributed by atoms with Crippen LogP contribution in [0.1, 0.15) is 37.4 Å². The Bertz CT molecular complexity index is 582. The fourth-order valence-electron chi connectivity index (χ4n) is 3.70. The van der Waals surface area contributed by atoms with Gasteiger partial charge in [0.25, 0.3) is 0 Å². The molecule has 24 heavy (non-hydrogen) atoms. The highest BCUT2D eigenvalue weighted by Gasteiger charge is 2.30. The van der Waals surface area contributed by atoms with Crippen LogP contribution < -0.4 is 0 Å². The van der Waals surface area contributed by atoms with Crippen LogP contribution in [0.15, 0.2) is 18.2 Å². The highest BCUT2D eigenvalue weighted by atomic mass is 19.1. The zero-order valence-corrected chi connectivity index (χ0v) is 13.8. The molecule has 1 saturated carbocycles. The summed E-state index contributed by atoms with van der Waals surface area (Å²) in [6, 6.07) is 3.23. The number of β-amino-alcohol motifs (C(OH)–C–C–N with tert-alkyl or cyclic N) is 1. The van der Waals surface area contributed by atoms with Crippen molar-refractivity contribution in [2.24, 2.45) is 5.92 Å². The molecule has 1 saturated heterocycles. The first kappa shape index (κ1) is 17.3. The lowest BCUT2D eigenvalue weighted by molar-refractivity contribution is -0.137. The number of hydrogen-bond donors (Lipinski definition) is 1. The third kappa shape index (κ3) is 3.92. The molecule has 1 atom stereocenters. The molecule has 1 amide bonds. The van der Waals surface area contributed by atoms with E-state index in [9.17, 15) is 18.7 Å². The Labute approximate surface area is 141 Å². The molecule has 2 aliphatic rings. The Morgan fingerprint density at radius 3 is 2.46 bits per heavy atom. The van der Waals surface area contributed by atoms with E-state index in [-0.39, 0.29) is 23.9 Å². The summed E-state index contributed by atoms with van der Waals surface area (Å²) in [5.74, 6) is -0.923. The maximum absolute atomic E-state index is 13.7. The number of benzene rings is 1. The van der Waals surface area contributed by atoms with Crippen molar-refractivity contribution in [2.45, 2.75) is 31.8 Å². The van der Waals surface area contributed by atoms with Crippen LogP contribution in [-0.2, 0) is 4.79 Å². The summed E-state index contributed by atoms with van der Waals surface area (Å²) < 4.78 is 26.7. The predicted octanol–water partition coefficient (Wildman–Crippen LogP) is 2.33. The third-order valence-corrected chi connectivity index (χ3v) is 5.14. The summed E-state index contributed by atoms with van der Waals surface area (Å²) in [5, 5.41) is 10.2. The minimum absolute atomic E-state index is 0.112. The quantitative estimate of drug-likeness (QED) is 0.916. The predicted molar refractivity (Wildman–Crippen MR) is 86.3 cm³/mol. The second-order valence-electron chi connectivity index (χ2n) is 6.79. The number of carbonyl (C=O) groups is 1. The average molecular weight is 338 g/mol. The molecular formula is C18H24F2N2O2. The first-order valence-corrected chi connectivity index (χ1v) is 8.69. The van der Waals surface area contributed by atoms with Gasteiger partial charge in [-0.3, -0.25) is 9.69 Å². The molecule has 1 heterocycles. The molecule has 1 N–H and O–H groups in total. The van der Waals surface area contributed by atoms with E-state index in [1.54, 1.807) is 0 Å². The SMILES string of the molecule is O=C(C1CCCC1)N1CCN(C[C@H](O)c2ccc(F)cc2F)CC1. The highest BCUT2D eigenvalue weighted by Crippen LogP contribution is 2.27. The van der Waals surface area contributed by atoms with Gasteiger partial charge in [0.1, 0.15) is 11.6 Å². The number of aliphatic hydroxyl groups is 1. The zero-order valence-electron chi connectivity index (χ0n) is 13.8. The number of rotatable bonds is 4. The molecule has 2 fully saturated rings. The van der Waals surface area contributed by atoms with E-state index < -0.39 is 17.7 Å². The summed E-state index contributed by atoms with van der Waals surface area (Å²) in [4.78, 5) is 16.3. The monoisotopic (exact) mass is 338 g/mol. The lowest BCUT2D eigenvalue weighted by atomic mass is 10.1. The first-order chi connectivity index (χ1) is 11.5. The number of amides is 1. The average Bonchev–Trinajstić information content (AvgIpc) is 3.09. The summed E-state index contributed by atoms with van der Waals surface area (Å²) in [6.45, 7) is 2.91. The van der Waals surface area contributed by atoms with E-state index in [0.717, 1.165) is 37.8 Å². The third-order valence-electron chi connectivity index (χ3n) is 5.14. The van der Waals surface area contributed by atoms with E-state index >= 15 is 0 Å². The van der Waals surface area contributed by atoms with Crippen molar-refractivity contribution in [3.8, 4) is 0 Å². The van der Waals surface area contributed by atoms with Crippen molar-refractivity contribution in [3.63, 3.8) is 0 Å². The second kappa shape index (κ2) is 7.57. The van der Waals surface area contributed by atoms with Gasteiger partial charge in [-0.25, -0.2) is 8.78 Å². The van der Waals surface area contributed by atoms with Crippen LogP contribution in [-0.4, -0.2) is 53.5 Å². The molecule has 0 aromatic heterocycles. The van der Waals surface area contributed by atoms with Gasteiger partial charge < -0.3 is 10.0 Å². The van der Waals surface area contributed by atoms with Crippen LogP contribution in [0.5, 0.6) is 0 Å². The van der Waals surface area contributed by atoms with Crippen molar-refractivity contribution < 1.29 is 18.7 Å². The van der Waals surface area contributed by atoms with Gasteiger partial charge in [-0.2, -0.15) is 0 Å². The number of nitrogens with zero attached hydrogens (tertiary/aromatic N) is 2. The number of piperazine rings is 1. The second-order valence-corrected chi connectivity index (χ2v) is 6.79. The van der Waals surface area contributed by atoms with Gasteiger partial charge in [0, 0.05) is 50.3 Å². The fraction of sp³-hybridized carbons (Fsp3) is 0.611. The maximum Gasteiger partial charge on any atom is 0.225 e. The molecule has 0 spiro atoms. The number of carbonyl (C=O) groups excluding carboxylic acids is 1. The standard InChI is InChI=1S/C18H24F2N2O2/c19-14-5-6-15(16(20)11-14)17(23)12-21-7-9-22(10-8-21)18(24)13-3-1-2-4-13/h5-6,11,13,17,23H,1-4,7-10,12H2/t17-/m0/s1. The topological polar surface area (TPSA) is 43.8 Å². The van der Waals surface area contributed by atoms with Crippen molar-refractivity contribution in [3.05, 3.63) is 35.4 Å². The summed E-state index contributed by atoms with van der Waals surface area (Å²) >= 11 is 0. The Kier molecular flexibility index (Phi) is 5.46. The Morgan fingerprint density at radius 1 is 1.17 bits per heavy atom. The van der Waals surface area contributed by atoms with Gasteiger partial charge in [0.15, 0.2) is 0 Å². The number of hydrogen-bond acceptors (Lipinski definition) is 3. The molecule has 0 unspecified atom stereocenters. The van der Waals surface area contributed by atoms with Crippen LogP contribution in [0.4, 0.5) is 8.78 Å². The van der Waals surface area contributed by atoms with Gasteiger partial charge >= 0.3 is 0 Å². The molecule has 0 bridgehead atoms. The summed E-state index contributed by atoms with van der Waals surface area (Å²) in [6.07, 6.45) is 3.29. The number of halogens is 2. The summed E-state index contributed by atoms with van der Waals surface area (Å²) in [5.41, 5.74) is 0.112. The van der Waals surface area contributed by atoms with Gasteiger partial charge in [-0.15, -0.1) is 0 Å². The van der Waals surface area contributed by atoms with Gasteiger partial charge in [-0.05, 0) is 18.9 Å². The molecule has 3 rings (SSSR count). The van der Waals surface area contributed by atoms with Crippen LogP contribution in [0.2, 0.25) is 0 Å². The largest absolute Gasteiger partial charge is 0.387 e. The van der Waals surface area contributed by atoms with E-state index in [2.05, 4.69) is 0 Å². The molecule has 4 nitrogen and oxygen atoms in total. The van der Waals surface area contributed by atoms with E-state index in [1.807, 2.05) is 9.80 Å². The molecule has 1 aliphatic heterocycles. The molecule has 1 aromatic rings. The zero-order chi connectivity index (χ0) is 17.1. The molecule has 1 aliphatic carbocycles. The fourth-order valence-corrected chi connectivity index (χ4v) is 3.70. The van der Waals surface area contributed by atoms with Gasteiger partial charge in [-0.1, -0.05) is 18.9 Å². The smallest absolute Gasteiger partial charge is 0.225 e. The van der Waals surface area contributed by atoms with Crippen molar-refractivity contribution >= 4 is 5.91 Å². The normalized spacial score (nSPS) is 21.2. The summed E-state index contributed by atoms with van der Waals surface area (Å²) in [7, 11) is 0. The van der Waals surface area contributed by atoms with Crippen LogP contribution >= 0.6 is 0 Å². The molecular weight excluding hydrogens is 314 g/mol. The molecule has 1 aromatic carbocycles. The van der Waals surface area contributed by atoms with E-state index in [4.69, 9.17) is 0 Å². The molecule has 132 valence electrons. The Hall–Kier alpha value is -1.53. The Morgan fingerprint density at radius 2 is 1.83 bits per heavy atom. The van der Waals surface area contributed by atoms with Gasteiger partial charge in [0.2, 0.25) is 5.91 Å². The van der Waals surface area contributed by atoms with Gasteiger partial charge in [0.05, 0.1) is 6.10 Å². The van der Waals surface area contributed by atoms with Crippen LogP contribution in [0.3, 0.4) is 0 Å². The van der Waals surface area contributed by atoms with Crippen LogP contribution in [0, 0.1) is 17.6 Å². The minimum Gasteiger partial charge on any atom is -0.387 e.